The van der Waals surface area contributed by atoms with Gasteiger partial charge in [0.2, 0.25) is 5.91 Å². The van der Waals surface area contributed by atoms with E-state index in [2.05, 4.69) is 4.98 Å². The zero-order valence-electron chi connectivity index (χ0n) is 15.5. The van der Waals surface area contributed by atoms with Gasteiger partial charge in [-0.2, -0.15) is 8.78 Å². The second-order valence-electron chi connectivity index (χ2n) is 6.50. The minimum absolute atomic E-state index is 0.0231. The average molecular weight is 364 g/mol. The van der Waals surface area contributed by atoms with Crippen molar-refractivity contribution in [1.82, 2.24) is 19.4 Å². The molecule has 0 aliphatic heterocycles. The van der Waals surface area contributed by atoms with E-state index >= 15 is 0 Å². The molecule has 7 heteroatoms. The summed E-state index contributed by atoms with van der Waals surface area (Å²) in [6, 6.07) is 8.10. The molecule has 0 aliphatic carbocycles. The van der Waals surface area contributed by atoms with Crippen molar-refractivity contribution in [3.05, 3.63) is 53.6 Å². The molecule has 0 saturated carbocycles. The molecular formula is C19H26F2N4O. The lowest BCUT2D eigenvalue weighted by molar-refractivity contribution is -0.132. The minimum atomic E-state index is -2.63. The van der Waals surface area contributed by atoms with E-state index in [9.17, 15) is 13.6 Å². The van der Waals surface area contributed by atoms with E-state index in [0.717, 1.165) is 16.6 Å². The number of carbonyl (C=O) groups excluding carboxylic acids is 1. The van der Waals surface area contributed by atoms with E-state index in [1.807, 2.05) is 38.1 Å². The number of alkyl halides is 2. The maximum Gasteiger partial charge on any atom is 0.319 e. The molecular weight excluding hydrogens is 338 g/mol. The fourth-order valence-electron chi connectivity index (χ4n) is 2.75. The van der Waals surface area contributed by atoms with Gasteiger partial charge in [0.1, 0.15) is 5.82 Å². The van der Waals surface area contributed by atoms with Crippen LogP contribution in [0.15, 0.2) is 36.7 Å². The molecule has 1 amide bonds. The number of halogens is 2. The third kappa shape index (κ3) is 5.62. The quantitative estimate of drug-likeness (QED) is 0.684. The summed E-state index contributed by atoms with van der Waals surface area (Å²) < 4.78 is 26.6. The van der Waals surface area contributed by atoms with Crippen LogP contribution in [0, 0.1) is 6.92 Å². The van der Waals surface area contributed by atoms with Crippen molar-refractivity contribution in [2.75, 3.05) is 20.1 Å². The molecule has 0 fully saturated rings. The largest absolute Gasteiger partial charge is 0.337 e. The van der Waals surface area contributed by atoms with Gasteiger partial charge in [-0.3, -0.25) is 14.3 Å². The number of hydrogen-bond acceptors (Lipinski definition) is 3. The van der Waals surface area contributed by atoms with Crippen LogP contribution in [0.3, 0.4) is 0 Å². The number of aryl methyl sites for hydroxylation is 1. The lowest BCUT2D eigenvalue weighted by atomic mass is 10.1. The highest BCUT2D eigenvalue weighted by Crippen LogP contribution is 2.14. The molecule has 0 N–H and O–H groups in total. The van der Waals surface area contributed by atoms with Crippen LogP contribution < -0.4 is 0 Å². The zero-order valence-corrected chi connectivity index (χ0v) is 15.5. The van der Waals surface area contributed by atoms with Crippen LogP contribution in [-0.4, -0.2) is 45.4 Å². The van der Waals surface area contributed by atoms with Gasteiger partial charge in [0.25, 0.3) is 0 Å². The van der Waals surface area contributed by atoms with Gasteiger partial charge in [-0.05, 0) is 26.0 Å². The van der Waals surface area contributed by atoms with Crippen LogP contribution in [0.5, 0.6) is 0 Å². The molecule has 0 radical (unpaired) electrons. The first-order chi connectivity index (χ1) is 12.4. The number of nitrogens with zero attached hydrogens (tertiary/aromatic N) is 4. The molecule has 142 valence electrons. The van der Waals surface area contributed by atoms with E-state index in [1.165, 1.54) is 18.0 Å². The number of imidazole rings is 1. The summed E-state index contributed by atoms with van der Waals surface area (Å²) in [5.41, 5.74) is 2.25. The maximum absolute atomic E-state index is 12.9. The molecule has 26 heavy (non-hydrogen) atoms. The molecule has 0 unspecified atom stereocenters. The van der Waals surface area contributed by atoms with Gasteiger partial charge in [-0.1, -0.05) is 36.8 Å². The highest BCUT2D eigenvalue weighted by molar-refractivity contribution is 5.78. The predicted molar refractivity (Wildman–Crippen MR) is 96.7 cm³/mol. The predicted octanol–water partition coefficient (Wildman–Crippen LogP) is 3.46. The van der Waals surface area contributed by atoms with Gasteiger partial charge in [0.05, 0.1) is 13.1 Å². The van der Waals surface area contributed by atoms with Crippen LogP contribution in [0.4, 0.5) is 8.78 Å². The molecule has 1 aromatic carbocycles. The Balaban J connectivity index is 1.97. The Bertz CT molecular complexity index is 700. The van der Waals surface area contributed by atoms with Crippen molar-refractivity contribution in [1.29, 1.82) is 0 Å². The molecule has 5 nitrogen and oxygen atoms in total. The number of rotatable bonds is 9. The Morgan fingerprint density at radius 2 is 1.92 bits per heavy atom. The zero-order chi connectivity index (χ0) is 19.1. The fourth-order valence-corrected chi connectivity index (χ4v) is 2.75. The first kappa shape index (κ1) is 20.0. The Labute approximate surface area is 153 Å². The third-order valence-corrected chi connectivity index (χ3v) is 4.12. The topological polar surface area (TPSA) is 41.4 Å². The average Bonchev–Trinajstić information content (AvgIpc) is 3.04. The van der Waals surface area contributed by atoms with Crippen LogP contribution in [0.25, 0.3) is 0 Å². The molecule has 0 bridgehead atoms. The molecule has 0 aliphatic rings. The summed E-state index contributed by atoms with van der Waals surface area (Å²) in [6.07, 6.45) is 3.45. The van der Waals surface area contributed by atoms with Gasteiger partial charge in [-0.25, -0.2) is 4.98 Å². The van der Waals surface area contributed by atoms with E-state index in [4.69, 9.17) is 0 Å². The Morgan fingerprint density at radius 3 is 2.54 bits per heavy atom. The van der Waals surface area contributed by atoms with Gasteiger partial charge in [0.15, 0.2) is 0 Å². The van der Waals surface area contributed by atoms with Gasteiger partial charge in [-0.15, -0.1) is 0 Å². The van der Waals surface area contributed by atoms with Crippen molar-refractivity contribution in [2.24, 2.45) is 0 Å². The summed E-state index contributed by atoms with van der Waals surface area (Å²) in [6.45, 7) is 2.97. The van der Waals surface area contributed by atoms with Gasteiger partial charge < -0.3 is 4.90 Å². The standard InChI is InChI=1S/C19H26F2N4O/c1-4-10-24(12-16-7-5-15(2)6-8-16)18(26)14-23(3)13-17-22-9-11-25(17)19(20)21/h5-9,11,19H,4,10,12-14H2,1-3H3. The number of aromatic nitrogens is 2. The van der Waals surface area contributed by atoms with Crippen molar-refractivity contribution < 1.29 is 13.6 Å². The first-order valence-corrected chi connectivity index (χ1v) is 8.72. The molecule has 0 atom stereocenters. The van der Waals surface area contributed by atoms with Gasteiger partial charge >= 0.3 is 6.55 Å². The number of hydrogen-bond donors (Lipinski definition) is 0. The highest BCUT2D eigenvalue weighted by Gasteiger charge is 2.18. The van der Waals surface area contributed by atoms with Gasteiger partial charge in [0, 0.05) is 25.5 Å². The van der Waals surface area contributed by atoms with Crippen molar-refractivity contribution in [2.45, 2.75) is 39.9 Å². The normalized spacial score (nSPS) is 11.3. The Morgan fingerprint density at radius 1 is 1.23 bits per heavy atom. The first-order valence-electron chi connectivity index (χ1n) is 8.72. The van der Waals surface area contributed by atoms with E-state index in [-0.39, 0.29) is 24.8 Å². The summed E-state index contributed by atoms with van der Waals surface area (Å²) in [5.74, 6) is 0.223. The number of carbonyl (C=O) groups is 1. The molecule has 2 rings (SSSR count). The Hall–Kier alpha value is -2.28. The van der Waals surface area contributed by atoms with Crippen LogP contribution in [-0.2, 0) is 17.9 Å². The molecule has 0 spiro atoms. The summed E-state index contributed by atoms with van der Waals surface area (Å²) in [7, 11) is 1.73. The maximum atomic E-state index is 12.9. The lowest BCUT2D eigenvalue weighted by Gasteiger charge is -2.25. The number of amides is 1. The second-order valence-corrected chi connectivity index (χ2v) is 6.50. The van der Waals surface area contributed by atoms with E-state index < -0.39 is 6.55 Å². The molecule has 0 saturated heterocycles. The Kier molecular flexibility index (Phi) is 7.26. The van der Waals surface area contributed by atoms with Crippen LogP contribution >= 0.6 is 0 Å². The minimum Gasteiger partial charge on any atom is -0.337 e. The van der Waals surface area contributed by atoms with Crippen LogP contribution in [0.2, 0.25) is 0 Å². The summed E-state index contributed by atoms with van der Waals surface area (Å²) >= 11 is 0. The van der Waals surface area contributed by atoms with Crippen molar-refractivity contribution in [3.8, 4) is 0 Å². The molecule has 1 heterocycles. The van der Waals surface area contributed by atoms with Crippen molar-refractivity contribution >= 4 is 5.91 Å². The van der Waals surface area contributed by atoms with E-state index in [0.29, 0.717) is 13.1 Å². The third-order valence-electron chi connectivity index (χ3n) is 4.12. The van der Waals surface area contributed by atoms with Crippen LogP contribution in [0.1, 0.15) is 36.8 Å². The lowest BCUT2D eigenvalue weighted by Crippen LogP contribution is -2.39. The SMILES string of the molecule is CCCN(Cc1ccc(C)cc1)C(=O)CN(C)Cc1nccn1C(F)F. The molecule has 2 aromatic rings. The number of benzene rings is 1. The van der Waals surface area contributed by atoms with E-state index in [1.54, 1.807) is 16.8 Å². The van der Waals surface area contributed by atoms with Crippen molar-refractivity contribution in [3.63, 3.8) is 0 Å². The monoisotopic (exact) mass is 364 g/mol. The highest BCUT2D eigenvalue weighted by atomic mass is 19.3. The summed E-state index contributed by atoms with van der Waals surface area (Å²) in [4.78, 5) is 20.1. The fraction of sp³-hybridized carbons (Fsp3) is 0.474. The second kappa shape index (κ2) is 9.43. The summed E-state index contributed by atoms with van der Waals surface area (Å²) in [5, 5.41) is 0. The number of likely N-dealkylation sites (N-methyl/N-ethyl adjacent to an activating group) is 1. The smallest absolute Gasteiger partial charge is 0.319 e. The molecule has 1 aromatic heterocycles.